The van der Waals surface area contributed by atoms with Crippen molar-refractivity contribution in [2.24, 2.45) is 0 Å². The highest BCUT2D eigenvalue weighted by Gasteiger charge is 2.60. The predicted octanol–water partition coefficient (Wildman–Crippen LogP) is 6.76. The summed E-state index contributed by atoms with van der Waals surface area (Å²) in [5.74, 6) is 0. The third-order valence-corrected chi connectivity index (χ3v) is 79.9. The van der Waals surface area contributed by atoms with Crippen molar-refractivity contribution in [3.05, 3.63) is 35.4 Å². The Labute approximate surface area is 155 Å². The Balaban J connectivity index is 3.44. The van der Waals surface area contributed by atoms with Crippen LogP contribution in [0.25, 0.3) is 0 Å². The highest BCUT2D eigenvalue weighted by molar-refractivity contribution is 7.89. The van der Waals surface area contributed by atoms with E-state index >= 15 is 0 Å². The molecule has 0 amide bonds. The minimum absolute atomic E-state index is 0.253. The minimum atomic E-state index is -1.29. The Morgan fingerprint density at radius 3 is 1.21 bits per heavy atom. The third-order valence-electron chi connectivity index (χ3n) is 6.13. The van der Waals surface area contributed by atoms with Gasteiger partial charge in [0.2, 0.25) is 0 Å². The molecule has 0 fully saturated rings. The van der Waals surface area contributed by atoms with E-state index in [0.717, 1.165) is 0 Å². The zero-order valence-corrected chi connectivity index (χ0v) is 22.5. The summed E-state index contributed by atoms with van der Waals surface area (Å²) in [5, 5.41) is 0. The van der Waals surface area contributed by atoms with Gasteiger partial charge in [-0.3, -0.25) is 0 Å². The van der Waals surface area contributed by atoms with Gasteiger partial charge in [0.05, 0.1) is 0 Å². The molecule has 1 aromatic rings. The summed E-state index contributed by atoms with van der Waals surface area (Å²) in [7, 11) is -3.54. The molecule has 0 spiro atoms. The predicted molar refractivity (Wildman–Crippen MR) is 125 cm³/mol. The first-order valence-electron chi connectivity index (χ1n) is 9.53. The summed E-state index contributed by atoms with van der Waals surface area (Å²) in [4.78, 5) is 0. The van der Waals surface area contributed by atoms with E-state index in [2.05, 4.69) is 104 Å². The average molecular weight is 395 g/mol. The molecule has 0 aliphatic rings. The van der Waals surface area contributed by atoms with Crippen LogP contribution >= 0.6 is 0 Å². The summed E-state index contributed by atoms with van der Waals surface area (Å²) < 4.78 is 0. The zero-order chi connectivity index (χ0) is 19.2. The van der Waals surface area contributed by atoms with Crippen molar-refractivity contribution < 1.29 is 0 Å². The van der Waals surface area contributed by atoms with E-state index in [1.54, 1.807) is 5.56 Å². The number of hydrogen-bond donors (Lipinski definition) is 0. The molecule has 1 rings (SSSR count). The summed E-state index contributed by atoms with van der Waals surface area (Å²) in [6, 6.07) is 11.2. The largest absolute Gasteiger partial charge is 0.0718 e. The van der Waals surface area contributed by atoms with Crippen LogP contribution in [0, 0.1) is 0 Å². The van der Waals surface area contributed by atoms with Crippen molar-refractivity contribution in [1.82, 2.24) is 0 Å². The van der Waals surface area contributed by atoms with Crippen LogP contribution < -0.4 is 0 Å². The molecule has 0 saturated heterocycles. The first-order valence-corrected chi connectivity index (χ1v) is 25.2. The van der Waals surface area contributed by atoms with Crippen molar-refractivity contribution in [2.45, 2.75) is 91.2 Å². The molecule has 0 aromatic heterocycles. The lowest BCUT2D eigenvalue weighted by Gasteiger charge is -2.58. The summed E-state index contributed by atoms with van der Waals surface area (Å²) in [6.45, 7) is 29.9. The van der Waals surface area contributed by atoms with Crippen molar-refractivity contribution >= 4 is 29.4 Å². The van der Waals surface area contributed by atoms with E-state index in [4.69, 9.17) is 0 Å². The van der Waals surface area contributed by atoms with Gasteiger partial charge in [-0.2, -0.15) is 0 Å². The lowest BCUT2D eigenvalue weighted by Crippen LogP contribution is -2.84. The SMILES string of the molecule is CC(C)(C)c1ccc(C[Si]([Si](C)(C)C)([Si](C)(C)C)[Si](C)(C)C)cc1. The average Bonchev–Trinajstić information content (AvgIpc) is 2.30. The third kappa shape index (κ3) is 4.25. The minimum Gasteiger partial charge on any atom is -0.0718 e. The topological polar surface area (TPSA) is 0 Å². The molecule has 0 atom stereocenters. The Morgan fingerprint density at radius 1 is 0.625 bits per heavy atom. The smallest absolute Gasteiger partial charge is 0.0420 e. The van der Waals surface area contributed by atoms with E-state index < -0.39 is 29.4 Å². The van der Waals surface area contributed by atoms with E-state index in [9.17, 15) is 0 Å². The number of rotatable bonds is 5. The van der Waals surface area contributed by atoms with E-state index in [-0.39, 0.29) is 5.41 Å². The lowest BCUT2D eigenvalue weighted by molar-refractivity contribution is 0.590. The van der Waals surface area contributed by atoms with Gasteiger partial charge in [0, 0.05) is 29.4 Å². The second kappa shape index (κ2) is 6.67. The van der Waals surface area contributed by atoms with E-state index in [1.807, 2.05) is 0 Å². The molecule has 0 saturated carbocycles. The second-order valence-corrected chi connectivity index (χ2v) is 53.1. The summed E-state index contributed by atoms with van der Waals surface area (Å²) >= 11 is 0. The molecule has 0 N–H and O–H groups in total. The molecule has 0 aliphatic heterocycles. The molecule has 0 radical (unpaired) electrons. The van der Waals surface area contributed by atoms with Crippen LogP contribution in [0.15, 0.2) is 24.3 Å². The van der Waals surface area contributed by atoms with Crippen LogP contribution in [-0.2, 0) is 11.5 Å². The van der Waals surface area contributed by atoms with E-state index in [1.165, 1.54) is 11.6 Å². The molecule has 0 aliphatic carbocycles. The van der Waals surface area contributed by atoms with E-state index in [0.29, 0.717) is 0 Å². The summed E-state index contributed by atoms with van der Waals surface area (Å²) in [5.41, 5.74) is 3.35. The highest BCUT2D eigenvalue weighted by atomic mass is 29.9. The van der Waals surface area contributed by atoms with Crippen molar-refractivity contribution in [3.8, 4) is 0 Å². The Hall–Kier alpha value is 0.0875. The van der Waals surface area contributed by atoms with Gasteiger partial charge in [-0.25, -0.2) is 0 Å². The molecule has 0 unspecified atom stereocenters. The fraction of sp³-hybridized carbons (Fsp3) is 0.700. The first-order chi connectivity index (χ1) is 10.4. The van der Waals surface area contributed by atoms with Gasteiger partial charge in [-0.1, -0.05) is 110 Å². The Bertz CT molecular complexity index is 510. The lowest BCUT2D eigenvalue weighted by atomic mass is 9.87. The maximum absolute atomic E-state index is 2.69. The molecular formula is C20H42Si4. The standard InChI is InChI=1S/C20H42Si4/c1-20(2,3)19-15-13-18(14-16-19)17-24(21(4,5)6,22(7,8)9)23(10,11)12/h13-16H,17H2,1-12H3. The maximum Gasteiger partial charge on any atom is 0.0420 e. The van der Waals surface area contributed by atoms with Crippen molar-refractivity contribution in [1.29, 1.82) is 0 Å². The van der Waals surface area contributed by atoms with Crippen molar-refractivity contribution in [2.75, 3.05) is 0 Å². The number of benzene rings is 1. The molecule has 0 heterocycles. The van der Waals surface area contributed by atoms with Gasteiger partial charge >= 0.3 is 0 Å². The maximum atomic E-state index is 2.69. The van der Waals surface area contributed by atoms with Gasteiger partial charge in [0.25, 0.3) is 0 Å². The van der Waals surface area contributed by atoms with Gasteiger partial charge < -0.3 is 0 Å². The highest BCUT2D eigenvalue weighted by Crippen LogP contribution is 2.39. The normalized spacial score (nSPS) is 14.8. The molecule has 138 valence electrons. The van der Waals surface area contributed by atoms with Gasteiger partial charge in [0.15, 0.2) is 0 Å². The van der Waals surface area contributed by atoms with Crippen LogP contribution in [-0.4, -0.2) is 29.4 Å². The van der Waals surface area contributed by atoms with Crippen LogP contribution in [0.5, 0.6) is 0 Å². The molecule has 0 nitrogen and oxygen atoms in total. The van der Waals surface area contributed by atoms with Crippen LogP contribution in [0.2, 0.25) is 58.9 Å². The monoisotopic (exact) mass is 394 g/mol. The van der Waals surface area contributed by atoms with Gasteiger partial charge in [0.1, 0.15) is 0 Å². The van der Waals surface area contributed by atoms with Crippen LogP contribution in [0.4, 0.5) is 0 Å². The zero-order valence-electron chi connectivity index (χ0n) is 18.5. The fourth-order valence-electron chi connectivity index (χ4n) is 5.60. The molecule has 0 bridgehead atoms. The first kappa shape index (κ1) is 22.1. The van der Waals surface area contributed by atoms with Crippen LogP contribution in [0.1, 0.15) is 31.9 Å². The van der Waals surface area contributed by atoms with Crippen molar-refractivity contribution in [3.63, 3.8) is 0 Å². The fourth-order valence-corrected chi connectivity index (χ4v) is 102. The quantitative estimate of drug-likeness (QED) is 0.484. The number of hydrogen-bond acceptors (Lipinski definition) is 0. The van der Waals surface area contributed by atoms with Crippen LogP contribution in [0.3, 0.4) is 0 Å². The van der Waals surface area contributed by atoms with Gasteiger partial charge in [-0.05, 0) is 17.0 Å². The molecule has 24 heavy (non-hydrogen) atoms. The van der Waals surface area contributed by atoms with Gasteiger partial charge in [-0.15, -0.1) is 0 Å². The second-order valence-electron chi connectivity index (χ2n) is 11.8. The molecular weight excluding hydrogens is 353 g/mol. The Kier molecular flexibility index (Phi) is 6.15. The summed E-state index contributed by atoms with van der Waals surface area (Å²) in [6.07, 6.45) is 0. The molecule has 1 aromatic carbocycles. The Morgan fingerprint density at radius 2 is 0.958 bits per heavy atom. The molecule has 4 heteroatoms.